The molecule has 66 heavy (non-hydrogen) atoms. The number of hydrogen-bond donors (Lipinski definition) is 3. The number of rotatable bonds is 27. The molecule has 1 heterocycles. The first-order chi connectivity index (χ1) is 31.6. The van der Waals surface area contributed by atoms with E-state index in [0.29, 0.717) is 45.3 Å². The third-order valence-electron chi connectivity index (χ3n) is 10.5. The molecule has 0 saturated carbocycles. The summed E-state index contributed by atoms with van der Waals surface area (Å²) in [5, 5.41) is 8.32. The monoisotopic (exact) mass is 910 g/mol. The Hall–Kier alpha value is -5.92. The maximum atomic E-state index is 13.3. The zero-order valence-electron chi connectivity index (χ0n) is 39.2. The molecule has 3 aromatic rings. The van der Waals surface area contributed by atoms with Crippen molar-refractivity contribution in [3.05, 3.63) is 95.1 Å². The highest BCUT2D eigenvalue weighted by molar-refractivity contribution is 5.98. The number of hydrogen-bond acceptors (Lipinski definition) is 11. The molecule has 1 aliphatic rings. The average Bonchev–Trinajstić information content (AvgIpc) is 3.28. The number of nitrogens with zero attached hydrogens (tertiary/aromatic N) is 1. The Morgan fingerprint density at radius 2 is 1.26 bits per heavy atom. The van der Waals surface area contributed by atoms with Gasteiger partial charge in [0.05, 0.1) is 70.5 Å². The van der Waals surface area contributed by atoms with E-state index in [4.69, 9.17) is 23.7 Å². The minimum Gasteiger partial charge on any atom is -0.460 e. The minimum atomic E-state index is -0.845. The van der Waals surface area contributed by atoms with Crippen molar-refractivity contribution < 1.29 is 52.5 Å². The van der Waals surface area contributed by atoms with Gasteiger partial charge in [-0.1, -0.05) is 68.2 Å². The Balaban J connectivity index is 0.976. The van der Waals surface area contributed by atoms with Crippen molar-refractivity contribution in [2.75, 3.05) is 69.6 Å². The predicted molar refractivity (Wildman–Crippen MR) is 250 cm³/mol. The highest BCUT2D eigenvalue weighted by Gasteiger charge is 2.28. The third-order valence-corrected chi connectivity index (χ3v) is 10.5. The Bertz CT molecular complexity index is 2140. The van der Waals surface area contributed by atoms with Gasteiger partial charge in [0.1, 0.15) is 18.4 Å². The van der Waals surface area contributed by atoms with Crippen LogP contribution in [0.4, 0.5) is 11.4 Å². The van der Waals surface area contributed by atoms with Crippen molar-refractivity contribution in [2.24, 2.45) is 17.3 Å². The first-order valence-electron chi connectivity index (χ1n) is 22.6. The summed E-state index contributed by atoms with van der Waals surface area (Å²) in [4.78, 5) is 78.2. The molecule has 15 nitrogen and oxygen atoms in total. The summed E-state index contributed by atoms with van der Waals surface area (Å²) in [6.07, 6.45) is 0.469. The molecule has 0 aromatic heterocycles. The van der Waals surface area contributed by atoms with Crippen LogP contribution in [0.25, 0.3) is 0 Å². The van der Waals surface area contributed by atoms with Crippen LogP contribution in [0.5, 0.6) is 0 Å². The van der Waals surface area contributed by atoms with Crippen LogP contribution in [0.3, 0.4) is 0 Å². The molecule has 4 amide bonds. The van der Waals surface area contributed by atoms with Gasteiger partial charge in [-0.25, -0.2) is 0 Å². The highest BCUT2D eigenvalue weighted by Crippen LogP contribution is 2.26. The van der Waals surface area contributed by atoms with E-state index in [1.54, 1.807) is 56.9 Å². The zero-order chi connectivity index (χ0) is 47.9. The van der Waals surface area contributed by atoms with Crippen molar-refractivity contribution in [3.8, 4) is 11.8 Å². The van der Waals surface area contributed by atoms with E-state index in [-0.39, 0.29) is 94.0 Å². The van der Waals surface area contributed by atoms with Crippen molar-refractivity contribution >= 4 is 46.8 Å². The van der Waals surface area contributed by atoms with Crippen LogP contribution in [-0.4, -0.2) is 101 Å². The summed E-state index contributed by atoms with van der Waals surface area (Å²) < 4.78 is 27.5. The maximum absolute atomic E-state index is 13.3. The standard InChI is InChI=1S/C51H66N4O11/c1-36(2)44(49(60)53-37(3)48(59)54-42-19-15-38(16-20-42)35-66-50(61)51(4,5)6)33-43(56)22-25-62-27-29-64-31-32-65-30-28-63-26-23-46(57)52-24-21-47(58)55-34-41-13-8-7-11-39(41)17-18-40-12-9-10-14-45(40)55/h7-16,19-20,36-37,44H,21-35H2,1-6H3,(H,52,57)(H,53,60)(H,54,59)/t37-,44-/m0/s1. The number of para-hydroxylation sites is 1. The predicted octanol–water partition coefficient (Wildman–Crippen LogP) is 5.75. The van der Waals surface area contributed by atoms with Crippen LogP contribution in [0.2, 0.25) is 0 Å². The second-order valence-electron chi connectivity index (χ2n) is 17.3. The Kier molecular flexibility index (Phi) is 22.0. The van der Waals surface area contributed by atoms with E-state index in [9.17, 15) is 28.8 Å². The molecule has 3 N–H and O–H groups in total. The lowest BCUT2D eigenvalue weighted by molar-refractivity contribution is -0.154. The van der Waals surface area contributed by atoms with Crippen LogP contribution in [0, 0.1) is 29.1 Å². The molecule has 0 fully saturated rings. The second kappa shape index (κ2) is 27.5. The molecule has 356 valence electrons. The fourth-order valence-corrected chi connectivity index (χ4v) is 6.52. The van der Waals surface area contributed by atoms with E-state index in [2.05, 4.69) is 27.8 Å². The topological polar surface area (TPSA) is 188 Å². The average molecular weight is 911 g/mol. The van der Waals surface area contributed by atoms with Gasteiger partial charge in [-0.15, -0.1) is 0 Å². The van der Waals surface area contributed by atoms with E-state index in [1.165, 1.54) is 0 Å². The molecule has 15 heteroatoms. The van der Waals surface area contributed by atoms with Gasteiger partial charge in [-0.3, -0.25) is 28.8 Å². The fraction of sp³-hybridized carbons (Fsp3) is 0.490. The summed E-state index contributed by atoms with van der Waals surface area (Å²) >= 11 is 0. The maximum Gasteiger partial charge on any atom is 0.311 e. The van der Waals surface area contributed by atoms with Crippen LogP contribution in [0.1, 0.15) is 89.5 Å². The molecule has 4 rings (SSSR count). The molecule has 0 radical (unpaired) electrons. The lowest BCUT2D eigenvalue weighted by atomic mass is 9.89. The molecule has 0 bridgehead atoms. The first kappa shape index (κ1) is 52.7. The third kappa shape index (κ3) is 18.5. The Morgan fingerprint density at radius 3 is 1.89 bits per heavy atom. The summed E-state index contributed by atoms with van der Waals surface area (Å²) in [6.45, 7) is 13.7. The van der Waals surface area contributed by atoms with Gasteiger partial charge in [-0.05, 0) is 75.1 Å². The number of carbonyl (C=O) groups excluding carboxylic acids is 6. The van der Waals surface area contributed by atoms with Crippen LogP contribution in [0.15, 0.2) is 72.8 Å². The molecule has 0 unspecified atom stereocenters. The Morgan fingerprint density at radius 1 is 0.682 bits per heavy atom. The molecular weight excluding hydrogens is 845 g/mol. The van der Waals surface area contributed by atoms with Gasteiger partial charge >= 0.3 is 5.97 Å². The fourth-order valence-electron chi connectivity index (χ4n) is 6.52. The van der Waals surface area contributed by atoms with Gasteiger partial charge in [0.15, 0.2) is 0 Å². The van der Waals surface area contributed by atoms with E-state index >= 15 is 0 Å². The summed E-state index contributed by atoms with van der Waals surface area (Å²) in [5.74, 6) is 4.13. The lowest BCUT2D eigenvalue weighted by Gasteiger charge is -2.26. The molecule has 2 atom stereocenters. The smallest absolute Gasteiger partial charge is 0.311 e. The number of carbonyl (C=O) groups is 6. The second-order valence-corrected chi connectivity index (χ2v) is 17.3. The number of Topliss-reactive ketones (excluding diaryl/α,β-unsaturated/α-hetero) is 1. The van der Waals surface area contributed by atoms with E-state index in [0.717, 1.165) is 27.9 Å². The van der Waals surface area contributed by atoms with Gasteiger partial charge in [0.25, 0.3) is 0 Å². The summed E-state index contributed by atoms with van der Waals surface area (Å²) in [7, 11) is 0. The molecule has 3 aromatic carbocycles. The van der Waals surface area contributed by atoms with Gasteiger partial charge in [-0.2, -0.15) is 0 Å². The van der Waals surface area contributed by atoms with Gasteiger partial charge in [0.2, 0.25) is 23.6 Å². The van der Waals surface area contributed by atoms with Crippen LogP contribution >= 0.6 is 0 Å². The zero-order valence-corrected chi connectivity index (χ0v) is 39.2. The highest BCUT2D eigenvalue weighted by atomic mass is 16.6. The van der Waals surface area contributed by atoms with Crippen molar-refractivity contribution in [1.29, 1.82) is 0 Å². The van der Waals surface area contributed by atoms with E-state index in [1.807, 2.05) is 62.4 Å². The first-order valence-corrected chi connectivity index (χ1v) is 22.6. The number of benzene rings is 3. The van der Waals surface area contributed by atoms with Gasteiger partial charge in [0, 0.05) is 55.0 Å². The van der Waals surface area contributed by atoms with Crippen molar-refractivity contribution in [2.45, 2.75) is 86.4 Å². The molecular formula is C51H66N4O11. The number of ether oxygens (including phenoxy) is 5. The minimum absolute atomic E-state index is 0.0256. The largest absolute Gasteiger partial charge is 0.460 e. The molecule has 1 aliphatic heterocycles. The van der Waals surface area contributed by atoms with Crippen LogP contribution < -0.4 is 20.9 Å². The normalized spacial score (nSPS) is 12.9. The summed E-state index contributed by atoms with van der Waals surface area (Å²) in [6, 6.07) is 21.4. The molecule has 0 aliphatic carbocycles. The SMILES string of the molecule is CC(C)[C@H](CC(=O)CCOCCOCCOCCOCCC(=O)NCCC(=O)N1Cc2ccccc2C#Cc2ccccc21)C(=O)N[C@@H](C)C(=O)Nc1ccc(COC(=O)C(C)(C)C)cc1. The summed E-state index contributed by atoms with van der Waals surface area (Å²) in [5.41, 5.74) is 4.09. The molecule has 0 saturated heterocycles. The van der Waals surface area contributed by atoms with Crippen LogP contribution in [-0.2, 0) is 65.6 Å². The number of esters is 1. The van der Waals surface area contributed by atoms with Crippen molar-refractivity contribution in [1.82, 2.24) is 10.6 Å². The number of amides is 4. The quantitative estimate of drug-likeness (QED) is 0.0480. The molecule has 0 spiro atoms. The van der Waals surface area contributed by atoms with Gasteiger partial charge < -0.3 is 44.5 Å². The lowest BCUT2D eigenvalue weighted by Crippen LogP contribution is -2.45. The number of ketones is 1. The number of anilines is 2. The van der Waals surface area contributed by atoms with E-state index < -0.39 is 23.3 Å². The Labute approximate surface area is 389 Å². The number of nitrogens with one attached hydrogen (secondary N) is 3. The number of fused-ring (bicyclic) bond motifs is 2. The van der Waals surface area contributed by atoms with Crippen molar-refractivity contribution in [3.63, 3.8) is 0 Å².